The Balaban J connectivity index is 2.53. The summed E-state index contributed by atoms with van der Waals surface area (Å²) < 4.78 is 5.12. The fourth-order valence-corrected chi connectivity index (χ4v) is 1.45. The number of benzene rings is 1. The lowest BCUT2D eigenvalue weighted by atomic mass is 10.2. The summed E-state index contributed by atoms with van der Waals surface area (Å²) in [5.41, 5.74) is 1.65. The highest BCUT2D eigenvalue weighted by atomic mass is 16.5. The number of hydrogen-bond acceptors (Lipinski definition) is 3. The number of pyridine rings is 1. The molecule has 0 aliphatic heterocycles. The average Bonchev–Trinajstić information content (AvgIpc) is 2.28. The van der Waals surface area contributed by atoms with E-state index in [2.05, 4.69) is 11.1 Å². The summed E-state index contributed by atoms with van der Waals surface area (Å²) in [5.74, 6) is 0.782. The van der Waals surface area contributed by atoms with E-state index in [9.17, 15) is 0 Å². The molecule has 3 heteroatoms. The zero-order valence-corrected chi connectivity index (χ0v) is 8.40. The first-order valence-electron chi connectivity index (χ1n) is 4.64. The first-order valence-corrected chi connectivity index (χ1v) is 4.64. The van der Waals surface area contributed by atoms with E-state index >= 15 is 0 Å². The van der Waals surface area contributed by atoms with Gasteiger partial charge in [0.2, 0.25) is 0 Å². The lowest BCUT2D eigenvalue weighted by Crippen LogP contribution is -1.89. The molecule has 0 aliphatic carbocycles. The van der Waals surface area contributed by atoms with E-state index in [1.54, 1.807) is 7.11 Å². The Morgan fingerprint density at radius 1 is 1.33 bits per heavy atom. The second-order valence-electron chi connectivity index (χ2n) is 3.20. The van der Waals surface area contributed by atoms with Crippen LogP contribution in [-0.2, 0) is 6.42 Å². The van der Waals surface area contributed by atoms with Crippen LogP contribution in [0.5, 0.6) is 5.75 Å². The average molecular weight is 198 g/mol. The Morgan fingerprint density at radius 3 is 2.87 bits per heavy atom. The SMILES string of the molecule is COc1ccc2ccc(CC#N)nc2c1. The Hall–Kier alpha value is -2.08. The van der Waals surface area contributed by atoms with E-state index in [4.69, 9.17) is 10.00 Å². The number of nitriles is 1. The normalized spacial score (nSPS) is 9.87. The van der Waals surface area contributed by atoms with Crippen LogP contribution in [0.3, 0.4) is 0 Å². The van der Waals surface area contributed by atoms with Crippen molar-refractivity contribution in [1.29, 1.82) is 5.26 Å². The van der Waals surface area contributed by atoms with Crippen LogP contribution in [0.15, 0.2) is 30.3 Å². The van der Waals surface area contributed by atoms with Crippen LogP contribution in [0.1, 0.15) is 5.69 Å². The third-order valence-corrected chi connectivity index (χ3v) is 2.22. The van der Waals surface area contributed by atoms with Gasteiger partial charge >= 0.3 is 0 Å². The fraction of sp³-hybridized carbons (Fsp3) is 0.167. The number of methoxy groups -OCH3 is 1. The highest BCUT2D eigenvalue weighted by Gasteiger charge is 1.99. The maximum atomic E-state index is 8.58. The summed E-state index contributed by atoms with van der Waals surface area (Å²) in [6, 6.07) is 11.6. The van der Waals surface area contributed by atoms with E-state index in [0.717, 1.165) is 22.3 Å². The number of aromatic nitrogens is 1. The molecule has 0 N–H and O–H groups in total. The third-order valence-electron chi connectivity index (χ3n) is 2.22. The molecule has 0 aliphatic rings. The quantitative estimate of drug-likeness (QED) is 0.743. The number of ether oxygens (including phenoxy) is 1. The molecule has 15 heavy (non-hydrogen) atoms. The first-order chi connectivity index (χ1) is 7.33. The van der Waals surface area contributed by atoms with Crippen molar-refractivity contribution < 1.29 is 4.74 Å². The van der Waals surface area contributed by atoms with Crippen LogP contribution in [0.4, 0.5) is 0 Å². The van der Waals surface area contributed by atoms with Crippen molar-refractivity contribution in [1.82, 2.24) is 4.98 Å². The van der Waals surface area contributed by atoms with Gasteiger partial charge in [-0.3, -0.25) is 4.98 Å². The highest BCUT2D eigenvalue weighted by molar-refractivity contribution is 5.80. The predicted molar refractivity (Wildman–Crippen MR) is 57.6 cm³/mol. The maximum absolute atomic E-state index is 8.58. The number of hydrogen-bond donors (Lipinski definition) is 0. The largest absolute Gasteiger partial charge is 0.497 e. The van der Waals surface area contributed by atoms with Crippen LogP contribution < -0.4 is 4.74 Å². The van der Waals surface area contributed by atoms with Crippen molar-refractivity contribution in [3.63, 3.8) is 0 Å². The number of fused-ring (bicyclic) bond motifs is 1. The monoisotopic (exact) mass is 198 g/mol. The van der Waals surface area contributed by atoms with Gasteiger partial charge in [0.15, 0.2) is 0 Å². The van der Waals surface area contributed by atoms with Gasteiger partial charge in [0, 0.05) is 11.5 Å². The minimum absolute atomic E-state index is 0.340. The molecule has 0 fully saturated rings. The van der Waals surface area contributed by atoms with Gasteiger partial charge in [-0.25, -0.2) is 0 Å². The van der Waals surface area contributed by atoms with Gasteiger partial charge in [0.1, 0.15) is 5.75 Å². The molecular weight excluding hydrogens is 188 g/mol. The van der Waals surface area contributed by atoms with Crippen molar-refractivity contribution in [2.24, 2.45) is 0 Å². The summed E-state index contributed by atoms with van der Waals surface area (Å²) in [6.45, 7) is 0. The number of rotatable bonds is 2. The Bertz CT molecular complexity index is 529. The highest BCUT2D eigenvalue weighted by Crippen LogP contribution is 2.19. The van der Waals surface area contributed by atoms with E-state index in [0.29, 0.717) is 6.42 Å². The molecule has 1 aromatic heterocycles. The van der Waals surface area contributed by atoms with Gasteiger partial charge in [-0.15, -0.1) is 0 Å². The molecule has 0 atom stereocenters. The third kappa shape index (κ3) is 1.89. The first kappa shape index (κ1) is 9.47. The van der Waals surface area contributed by atoms with Crippen LogP contribution >= 0.6 is 0 Å². The summed E-state index contributed by atoms with van der Waals surface area (Å²) in [5, 5.41) is 9.63. The van der Waals surface area contributed by atoms with Crippen molar-refractivity contribution in [3.05, 3.63) is 36.0 Å². The molecule has 2 rings (SSSR count). The predicted octanol–water partition coefficient (Wildman–Crippen LogP) is 2.31. The summed E-state index contributed by atoms with van der Waals surface area (Å²) in [7, 11) is 1.63. The summed E-state index contributed by atoms with van der Waals surface area (Å²) in [6.07, 6.45) is 0.340. The Labute approximate surface area is 87.9 Å². The van der Waals surface area contributed by atoms with Crippen molar-refractivity contribution in [2.45, 2.75) is 6.42 Å². The lowest BCUT2D eigenvalue weighted by Gasteiger charge is -2.02. The lowest BCUT2D eigenvalue weighted by molar-refractivity contribution is 0.415. The second-order valence-corrected chi connectivity index (χ2v) is 3.20. The van der Waals surface area contributed by atoms with Gasteiger partial charge in [-0.1, -0.05) is 6.07 Å². The van der Waals surface area contributed by atoms with E-state index in [1.807, 2.05) is 30.3 Å². The topological polar surface area (TPSA) is 45.9 Å². The van der Waals surface area contributed by atoms with Gasteiger partial charge in [0.25, 0.3) is 0 Å². The standard InChI is InChI=1S/C12H10N2O/c1-15-11-5-3-9-2-4-10(6-7-13)14-12(9)8-11/h2-5,8H,6H2,1H3. The van der Waals surface area contributed by atoms with Crippen molar-refractivity contribution >= 4 is 10.9 Å². The number of nitrogens with zero attached hydrogens (tertiary/aromatic N) is 2. The zero-order chi connectivity index (χ0) is 10.7. The van der Waals surface area contributed by atoms with Crippen LogP contribution in [-0.4, -0.2) is 12.1 Å². The minimum atomic E-state index is 0.340. The van der Waals surface area contributed by atoms with Gasteiger partial charge in [-0.05, 0) is 18.2 Å². The van der Waals surface area contributed by atoms with E-state index in [-0.39, 0.29) is 0 Å². The maximum Gasteiger partial charge on any atom is 0.121 e. The molecule has 0 saturated carbocycles. The molecule has 74 valence electrons. The zero-order valence-electron chi connectivity index (χ0n) is 8.40. The van der Waals surface area contributed by atoms with Gasteiger partial charge in [0.05, 0.1) is 30.8 Å². The van der Waals surface area contributed by atoms with Crippen LogP contribution in [0.2, 0.25) is 0 Å². The molecule has 1 heterocycles. The molecule has 0 bridgehead atoms. The van der Waals surface area contributed by atoms with Crippen molar-refractivity contribution in [2.75, 3.05) is 7.11 Å². The Kier molecular flexibility index (Phi) is 2.51. The molecule has 3 nitrogen and oxygen atoms in total. The summed E-state index contributed by atoms with van der Waals surface area (Å²) in [4.78, 5) is 4.37. The molecule has 0 spiro atoms. The smallest absolute Gasteiger partial charge is 0.121 e. The van der Waals surface area contributed by atoms with Crippen molar-refractivity contribution in [3.8, 4) is 11.8 Å². The molecule has 0 radical (unpaired) electrons. The van der Waals surface area contributed by atoms with Crippen LogP contribution in [0, 0.1) is 11.3 Å². The van der Waals surface area contributed by atoms with Crippen LogP contribution in [0.25, 0.3) is 10.9 Å². The van der Waals surface area contributed by atoms with Gasteiger partial charge < -0.3 is 4.74 Å². The molecule has 0 unspecified atom stereocenters. The molecule has 1 aromatic carbocycles. The minimum Gasteiger partial charge on any atom is -0.497 e. The van der Waals surface area contributed by atoms with E-state index < -0.39 is 0 Å². The fourth-order valence-electron chi connectivity index (χ4n) is 1.45. The van der Waals surface area contributed by atoms with E-state index in [1.165, 1.54) is 0 Å². The molecule has 0 saturated heterocycles. The van der Waals surface area contributed by atoms with Gasteiger partial charge in [-0.2, -0.15) is 5.26 Å². The second kappa shape index (κ2) is 3.97. The molecular formula is C12H10N2O. The molecule has 0 amide bonds. The molecule has 2 aromatic rings. The summed E-state index contributed by atoms with van der Waals surface area (Å²) >= 11 is 0. The Morgan fingerprint density at radius 2 is 2.13 bits per heavy atom.